The predicted molar refractivity (Wildman–Crippen MR) is 73.5 cm³/mol. The number of likely N-dealkylation sites (N-methyl/N-ethyl adjacent to an activating group) is 1. The van der Waals surface area contributed by atoms with Crippen LogP contribution in [0.5, 0.6) is 5.75 Å². The number of hydrogen-bond acceptors (Lipinski definition) is 4. The first-order chi connectivity index (χ1) is 9.96. The average molecular weight is 304 g/mol. The summed E-state index contributed by atoms with van der Waals surface area (Å²) < 4.78 is 46.0. The Balaban J connectivity index is 1.87. The molecule has 0 bridgehead atoms. The monoisotopic (exact) mass is 304 g/mol. The topological polar surface area (TPSA) is 33.7 Å². The van der Waals surface area contributed by atoms with Crippen LogP contribution < -0.4 is 10.1 Å². The van der Waals surface area contributed by atoms with Crippen molar-refractivity contribution < 1.29 is 22.6 Å². The van der Waals surface area contributed by atoms with Gasteiger partial charge in [0.25, 0.3) is 0 Å². The van der Waals surface area contributed by atoms with E-state index in [0.717, 1.165) is 19.6 Å². The molecule has 1 N–H and O–H groups in total. The number of nitrogens with zero attached hydrogens (tertiary/aromatic N) is 1. The standard InChI is InChI=1S/C14H19F3N2O2/c1-2-19-6-7-20-13(10-19)9-18-11-4-3-5-12(8-11)21-14(15,16)17/h3-5,8,13,18H,2,6-7,9-10H2,1H3. The van der Waals surface area contributed by atoms with Gasteiger partial charge in [-0.2, -0.15) is 0 Å². The molecule has 1 aliphatic rings. The lowest BCUT2D eigenvalue weighted by molar-refractivity contribution is -0.274. The molecule has 118 valence electrons. The number of rotatable bonds is 5. The zero-order valence-electron chi connectivity index (χ0n) is 11.8. The summed E-state index contributed by atoms with van der Waals surface area (Å²) in [6.45, 7) is 6.02. The van der Waals surface area contributed by atoms with Crippen LogP contribution in [0.15, 0.2) is 24.3 Å². The summed E-state index contributed by atoms with van der Waals surface area (Å²) in [6, 6.07) is 5.82. The Labute approximate surface area is 121 Å². The second-order valence-corrected chi connectivity index (χ2v) is 4.84. The van der Waals surface area contributed by atoms with E-state index in [9.17, 15) is 13.2 Å². The van der Waals surface area contributed by atoms with Crippen LogP contribution in [0, 0.1) is 0 Å². The van der Waals surface area contributed by atoms with Gasteiger partial charge in [-0.1, -0.05) is 13.0 Å². The fraction of sp³-hybridized carbons (Fsp3) is 0.571. The molecule has 0 aliphatic carbocycles. The summed E-state index contributed by atoms with van der Waals surface area (Å²) in [5.41, 5.74) is 0.578. The number of ether oxygens (including phenoxy) is 2. The first-order valence-corrected chi connectivity index (χ1v) is 6.90. The maximum atomic E-state index is 12.2. The lowest BCUT2D eigenvalue weighted by atomic mass is 10.2. The van der Waals surface area contributed by atoms with E-state index in [4.69, 9.17) is 4.74 Å². The molecule has 1 aromatic carbocycles. The number of benzene rings is 1. The van der Waals surface area contributed by atoms with Gasteiger partial charge in [0.15, 0.2) is 0 Å². The summed E-state index contributed by atoms with van der Waals surface area (Å²) in [4.78, 5) is 2.28. The van der Waals surface area contributed by atoms with Crippen LogP contribution >= 0.6 is 0 Å². The summed E-state index contributed by atoms with van der Waals surface area (Å²) in [6.07, 6.45) is -4.64. The number of halogens is 3. The molecule has 21 heavy (non-hydrogen) atoms. The van der Waals surface area contributed by atoms with Gasteiger partial charge in [-0.3, -0.25) is 4.90 Å². The van der Waals surface area contributed by atoms with Gasteiger partial charge < -0.3 is 14.8 Å². The Kier molecular flexibility index (Phi) is 5.30. The minimum absolute atomic E-state index is 0.0332. The van der Waals surface area contributed by atoms with Crippen LogP contribution in [0.25, 0.3) is 0 Å². The fourth-order valence-electron chi connectivity index (χ4n) is 2.23. The zero-order chi connectivity index (χ0) is 15.3. The van der Waals surface area contributed by atoms with Crippen molar-refractivity contribution in [2.24, 2.45) is 0 Å². The third-order valence-electron chi connectivity index (χ3n) is 3.27. The third-order valence-corrected chi connectivity index (χ3v) is 3.27. The lowest BCUT2D eigenvalue weighted by Gasteiger charge is -2.32. The highest BCUT2D eigenvalue weighted by molar-refractivity contribution is 5.48. The molecule has 0 aromatic heterocycles. The van der Waals surface area contributed by atoms with Crippen LogP contribution in [0.3, 0.4) is 0 Å². The SMILES string of the molecule is CCN1CCOC(CNc2cccc(OC(F)(F)F)c2)C1. The minimum Gasteiger partial charge on any atom is -0.406 e. The molecular formula is C14H19F3N2O2. The quantitative estimate of drug-likeness (QED) is 0.907. The summed E-state index contributed by atoms with van der Waals surface area (Å²) in [7, 11) is 0. The first kappa shape index (κ1) is 15.9. The largest absolute Gasteiger partial charge is 0.573 e. The maximum Gasteiger partial charge on any atom is 0.573 e. The molecule has 1 aliphatic heterocycles. The van der Waals surface area contributed by atoms with Crippen LogP contribution in [-0.2, 0) is 4.74 Å². The molecule has 1 saturated heterocycles. The Bertz CT molecular complexity index is 454. The molecule has 0 saturated carbocycles. The van der Waals surface area contributed by atoms with E-state index in [-0.39, 0.29) is 11.9 Å². The van der Waals surface area contributed by atoms with E-state index >= 15 is 0 Å². The Morgan fingerprint density at radius 3 is 2.95 bits per heavy atom. The highest BCUT2D eigenvalue weighted by Gasteiger charge is 2.31. The smallest absolute Gasteiger partial charge is 0.406 e. The molecule has 7 heteroatoms. The van der Waals surface area contributed by atoms with Gasteiger partial charge in [0.2, 0.25) is 0 Å². The van der Waals surface area contributed by atoms with Crippen LogP contribution in [0.1, 0.15) is 6.92 Å². The molecule has 1 aromatic rings. The van der Waals surface area contributed by atoms with E-state index in [1.807, 2.05) is 0 Å². The molecule has 1 fully saturated rings. The number of anilines is 1. The highest BCUT2D eigenvalue weighted by atomic mass is 19.4. The predicted octanol–water partition coefficient (Wildman–Crippen LogP) is 2.72. The normalized spacial score (nSPS) is 20.3. The van der Waals surface area contributed by atoms with Crippen molar-refractivity contribution >= 4 is 5.69 Å². The highest BCUT2D eigenvalue weighted by Crippen LogP contribution is 2.25. The Hall–Kier alpha value is -1.47. The molecule has 1 heterocycles. The van der Waals surface area contributed by atoms with E-state index in [1.54, 1.807) is 6.07 Å². The second kappa shape index (κ2) is 7.00. The van der Waals surface area contributed by atoms with Crippen molar-refractivity contribution in [1.82, 2.24) is 4.90 Å². The van der Waals surface area contributed by atoms with Gasteiger partial charge in [-0.05, 0) is 18.7 Å². The molecule has 0 spiro atoms. The van der Waals surface area contributed by atoms with Crippen molar-refractivity contribution in [3.05, 3.63) is 24.3 Å². The van der Waals surface area contributed by atoms with E-state index in [0.29, 0.717) is 18.8 Å². The average Bonchev–Trinajstić information content (AvgIpc) is 2.44. The van der Waals surface area contributed by atoms with E-state index in [2.05, 4.69) is 21.9 Å². The van der Waals surface area contributed by atoms with E-state index in [1.165, 1.54) is 18.2 Å². The summed E-state index contributed by atoms with van der Waals surface area (Å²) >= 11 is 0. The molecule has 1 unspecified atom stereocenters. The van der Waals surface area contributed by atoms with Crippen molar-refractivity contribution in [1.29, 1.82) is 0 Å². The van der Waals surface area contributed by atoms with Gasteiger partial charge in [0.1, 0.15) is 5.75 Å². The number of nitrogens with one attached hydrogen (secondary N) is 1. The van der Waals surface area contributed by atoms with Crippen molar-refractivity contribution in [3.8, 4) is 5.75 Å². The first-order valence-electron chi connectivity index (χ1n) is 6.90. The molecule has 0 radical (unpaired) electrons. The number of alkyl halides is 3. The van der Waals surface area contributed by atoms with Gasteiger partial charge in [0.05, 0.1) is 12.7 Å². The minimum atomic E-state index is -4.67. The van der Waals surface area contributed by atoms with Crippen LogP contribution in [0.2, 0.25) is 0 Å². The summed E-state index contributed by atoms with van der Waals surface area (Å²) in [5, 5.41) is 3.09. The Morgan fingerprint density at radius 2 is 2.24 bits per heavy atom. The van der Waals surface area contributed by atoms with Crippen molar-refractivity contribution in [2.45, 2.75) is 19.4 Å². The molecule has 0 amide bonds. The second-order valence-electron chi connectivity index (χ2n) is 4.84. The number of morpholine rings is 1. The third kappa shape index (κ3) is 5.43. The van der Waals surface area contributed by atoms with Crippen molar-refractivity contribution in [3.63, 3.8) is 0 Å². The fourth-order valence-corrected chi connectivity index (χ4v) is 2.23. The van der Waals surface area contributed by atoms with Gasteiger partial charge >= 0.3 is 6.36 Å². The van der Waals surface area contributed by atoms with Gasteiger partial charge in [-0.25, -0.2) is 0 Å². The lowest BCUT2D eigenvalue weighted by Crippen LogP contribution is -2.45. The molecule has 4 nitrogen and oxygen atoms in total. The van der Waals surface area contributed by atoms with Crippen LogP contribution in [-0.4, -0.2) is 50.2 Å². The Morgan fingerprint density at radius 1 is 1.43 bits per heavy atom. The molecule has 2 rings (SSSR count). The molecular weight excluding hydrogens is 285 g/mol. The number of hydrogen-bond donors (Lipinski definition) is 1. The van der Waals surface area contributed by atoms with Crippen molar-refractivity contribution in [2.75, 3.05) is 38.1 Å². The maximum absolute atomic E-state index is 12.2. The molecule has 1 atom stereocenters. The van der Waals surface area contributed by atoms with Gasteiger partial charge in [-0.15, -0.1) is 13.2 Å². The van der Waals surface area contributed by atoms with E-state index < -0.39 is 6.36 Å². The zero-order valence-corrected chi connectivity index (χ0v) is 11.8. The summed E-state index contributed by atoms with van der Waals surface area (Å²) in [5.74, 6) is -0.229. The van der Waals surface area contributed by atoms with Crippen LogP contribution in [0.4, 0.5) is 18.9 Å². The van der Waals surface area contributed by atoms with Gasteiger partial charge in [0, 0.05) is 31.4 Å².